The first-order valence-electron chi connectivity index (χ1n) is 5.71. The summed E-state index contributed by atoms with van der Waals surface area (Å²) in [5.74, 6) is 0.553. The van der Waals surface area contributed by atoms with E-state index < -0.39 is 0 Å². The number of fused-ring (bicyclic) bond motifs is 1. The maximum Gasteiger partial charge on any atom is 0.259 e. The van der Waals surface area contributed by atoms with Crippen LogP contribution in [0.5, 0.6) is 0 Å². The van der Waals surface area contributed by atoms with Gasteiger partial charge in [-0.15, -0.1) is 0 Å². The van der Waals surface area contributed by atoms with E-state index in [9.17, 15) is 4.79 Å². The number of hydrogen-bond donors (Lipinski definition) is 1. The summed E-state index contributed by atoms with van der Waals surface area (Å²) in [7, 11) is 0. The molecule has 0 atom stereocenters. The largest absolute Gasteiger partial charge is 0.306 e. The van der Waals surface area contributed by atoms with E-state index in [0.29, 0.717) is 16.7 Å². The van der Waals surface area contributed by atoms with Gasteiger partial charge in [0, 0.05) is 5.57 Å². The van der Waals surface area contributed by atoms with Crippen LogP contribution < -0.4 is 5.56 Å². The summed E-state index contributed by atoms with van der Waals surface area (Å²) in [6, 6.07) is 7.28. The van der Waals surface area contributed by atoms with Crippen LogP contribution in [0.2, 0.25) is 0 Å². The van der Waals surface area contributed by atoms with E-state index in [2.05, 4.69) is 16.5 Å². The predicted octanol–water partition coefficient (Wildman–Crippen LogP) is 3.07. The molecule has 0 aliphatic rings. The highest BCUT2D eigenvalue weighted by molar-refractivity contribution is 5.80. The molecule has 0 unspecified atom stereocenters. The number of rotatable bonds is 3. The van der Waals surface area contributed by atoms with E-state index in [1.807, 2.05) is 43.4 Å². The van der Waals surface area contributed by atoms with Gasteiger partial charge in [0.15, 0.2) is 0 Å². The first kappa shape index (κ1) is 12.0. The number of benzene rings is 1. The van der Waals surface area contributed by atoms with E-state index in [0.717, 1.165) is 5.57 Å². The fourth-order valence-corrected chi connectivity index (χ4v) is 1.74. The van der Waals surface area contributed by atoms with E-state index >= 15 is 0 Å². The van der Waals surface area contributed by atoms with Crippen LogP contribution in [0.4, 0.5) is 0 Å². The van der Waals surface area contributed by atoms with Crippen LogP contribution in [0, 0.1) is 0 Å². The highest BCUT2D eigenvalue weighted by Gasteiger charge is 2.04. The zero-order valence-corrected chi connectivity index (χ0v) is 10.2. The lowest BCUT2D eigenvalue weighted by Crippen LogP contribution is -2.11. The summed E-state index contributed by atoms with van der Waals surface area (Å²) in [6.45, 7) is 5.58. The molecule has 1 aromatic heterocycles. The third-order valence-electron chi connectivity index (χ3n) is 2.53. The summed E-state index contributed by atoms with van der Waals surface area (Å²) in [6.07, 6.45) is 7.26. The Labute approximate surface area is 105 Å². The fourth-order valence-electron chi connectivity index (χ4n) is 1.74. The van der Waals surface area contributed by atoms with Crippen LogP contribution in [0.25, 0.3) is 16.5 Å². The molecule has 1 heterocycles. The molecule has 90 valence electrons. The Morgan fingerprint density at radius 1 is 1.39 bits per heavy atom. The van der Waals surface area contributed by atoms with Crippen molar-refractivity contribution in [2.24, 2.45) is 0 Å². The highest BCUT2D eigenvalue weighted by atomic mass is 16.1. The monoisotopic (exact) mass is 238 g/mol. The molecule has 0 fully saturated rings. The topological polar surface area (TPSA) is 45.8 Å². The molecule has 0 aliphatic carbocycles. The van der Waals surface area contributed by atoms with Crippen molar-refractivity contribution in [2.45, 2.75) is 6.92 Å². The van der Waals surface area contributed by atoms with Gasteiger partial charge in [-0.2, -0.15) is 0 Å². The van der Waals surface area contributed by atoms with Gasteiger partial charge in [-0.1, -0.05) is 43.0 Å². The van der Waals surface area contributed by atoms with Gasteiger partial charge in [0.1, 0.15) is 5.82 Å². The van der Waals surface area contributed by atoms with Crippen LogP contribution in [0.1, 0.15) is 12.7 Å². The third kappa shape index (κ3) is 2.30. The minimum absolute atomic E-state index is 0.130. The Morgan fingerprint density at radius 2 is 2.17 bits per heavy atom. The molecule has 0 radical (unpaired) electrons. The van der Waals surface area contributed by atoms with Crippen LogP contribution in [-0.4, -0.2) is 9.97 Å². The minimum Gasteiger partial charge on any atom is -0.306 e. The van der Waals surface area contributed by atoms with Gasteiger partial charge in [-0.25, -0.2) is 4.98 Å². The zero-order chi connectivity index (χ0) is 13.0. The first-order valence-corrected chi connectivity index (χ1v) is 5.71. The van der Waals surface area contributed by atoms with Crippen molar-refractivity contribution < 1.29 is 0 Å². The molecule has 0 spiro atoms. The molecule has 0 aliphatic heterocycles. The second kappa shape index (κ2) is 5.27. The van der Waals surface area contributed by atoms with E-state index in [1.54, 1.807) is 12.1 Å². The molecular weight excluding hydrogens is 224 g/mol. The Hall–Kier alpha value is -2.42. The molecule has 0 saturated carbocycles. The van der Waals surface area contributed by atoms with Gasteiger partial charge >= 0.3 is 0 Å². The number of H-pyrrole nitrogens is 1. The molecule has 2 rings (SSSR count). The molecule has 3 heteroatoms. The number of hydrogen-bond acceptors (Lipinski definition) is 2. The average molecular weight is 238 g/mol. The van der Waals surface area contributed by atoms with Crippen molar-refractivity contribution in [3.63, 3.8) is 0 Å². The molecule has 3 nitrogen and oxygen atoms in total. The zero-order valence-electron chi connectivity index (χ0n) is 10.2. The van der Waals surface area contributed by atoms with E-state index in [1.165, 1.54) is 0 Å². The number of nitrogens with one attached hydrogen (secondary N) is 1. The van der Waals surface area contributed by atoms with Crippen molar-refractivity contribution >= 4 is 16.5 Å². The van der Waals surface area contributed by atoms with Crippen molar-refractivity contribution in [1.82, 2.24) is 9.97 Å². The quantitative estimate of drug-likeness (QED) is 0.835. The van der Waals surface area contributed by atoms with Crippen molar-refractivity contribution in [1.29, 1.82) is 0 Å². The van der Waals surface area contributed by atoms with Gasteiger partial charge in [0.2, 0.25) is 0 Å². The van der Waals surface area contributed by atoms with Crippen molar-refractivity contribution in [3.05, 3.63) is 71.3 Å². The molecule has 0 bridgehead atoms. The Bertz CT molecular complexity index is 693. The maximum absolute atomic E-state index is 11.9. The molecule has 0 amide bonds. The Balaban J connectivity index is 2.69. The van der Waals surface area contributed by atoms with Crippen LogP contribution >= 0.6 is 0 Å². The Morgan fingerprint density at radius 3 is 2.89 bits per heavy atom. The molecule has 0 saturated heterocycles. The first-order chi connectivity index (χ1) is 8.76. The molecule has 1 N–H and O–H groups in total. The van der Waals surface area contributed by atoms with Crippen LogP contribution in [0.15, 0.2) is 59.9 Å². The third-order valence-corrected chi connectivity index (χ3v) is 2.53. The summed E-state index contributed by atoms with van der Waals surface area (Å²) in [5.41, 5.74) is 1.39. The molecule has 1 aromatic carbocycles. The van der Waals surface area contributed by atoms with Gasteiger partial charge in [-0.05, 0) is 19.1 Å². The summed E-state index contributed by atoms with van der Waals surface area (Å²) in [4.78, 5) is 19.2. The molecule has 18 heavy (non-hydrogen) atoms. The smallest absolute Gasteiger partial charge is 0.259 e. The number of allylic oxidation sites excluding steroid dienone is 5. The standard InChI is InChI=1S/C15H14N2O/c1-3-7-11(8-4-2)14-16-13-10-6-5-9-12(13)15(18)17-14/h3-10H,1H2,2H3,(H,16,17,18)/b8-4-,11-7+. The number of para-hydroxylation sites is 1. The van der Waals surface area contributed by atoms with Gasteiger partial charge < -0.3 is 4.98 Å². The fraction of sp³-hybridized carbons (Fsp3) is 0.0667. The molecular formula is C15H14N2O. The van der Waals surface area contributed by atoms with Crippen LogP contribution in [-0.2, 0) is 0 Å². The maximum atomic E-state index is 11.9. The number of aromatic amines is 1. The average Bonchev–Trinajstić information content (AvgIpc) is 2.38. The summed E-state index contributed by atoms with van der Waals surface area (Å²) >= 11 is 0. The van der Waals surface area contributed by atoms with E-state index in [4.69, 9.17) is 0 Å². The van der Waals surface area contributed by atoms with Gasteiger partial charge in [0.25, 0.3) is 5.56 Å². The second-order valence-electron chi connectivity index (χ2n) is 3.79. The number of nitrogens with zero attached hydrogens (tertiary/aromatic N) is 1. The predicted molar refractivity (Wildman–Crippen MR) is 75.4 cm³/mol. The highest BCUT2D eigenvalue weighted by Crippen LogP contribution is 2.13. The second-order valence-corrected chi connectivity index (χ2v) is 3.79. The minimum atomic E-state index is -0.130. The SMILES string of the molecule is C=C/C=C(\C=C/C)c1nc2ccccc2c(=O)[nH]1. The summed E-state index contributed by atoms with van der Waals surface area (Å²) < 4.78 is 0. The lowest BCUT2D eigenvalue weighted by molar-refractivity contribution is 1.13. The normalized spacial score (nSPS) is 12.2. The lowest BCUT2D eigenvalue weighted by Gasteiger charge is -2.03. The Kier molecular flexibility index (Phi) is 3.53. The van der Waals surface area contributed by atoms with Gasteiger partial charge in [-0.3, -0.25) is 4.79 Å². The number of aromatic nitrogens is 2. The molecule has 2 aromatic rings. The van der Waals surface area contributed by atoms with Crippen molar-refractivity contribution in [3.8, 4) is 0 Å². The van der Waals surface area contributed by atoms with Gasteiger partial charge in [0.05, 0.1) is 10.9 Å². The van der Waals surface area contributed by atoms with E-state index in [-0.39, 0.29) is 5.56 Å². The van der Waals surface area contributed by atoms with Crippen LogP contribution in [0.3, 0.4) is 0 Å². The summed E-state index contributed by atoms with van der Waals surface area (Å²) in [5, 5.41) is 0.597. The van der Waals surface area contributed by atoms with Crippen molar-refractivity contribution in [2.75, 3.05) is 0 Å². The lowest BCUT2D eigenvalue weighted by atomic mass is 10.2.